The van der Waals surface area contributed by atoms with Crippen LogP contribution in [0.3, 0.4) is 0 Å². The molecule has 0 aliphatic rings. The fraction of sp³-hybridized carbons (Fsp3) is 0.714. The maximum Gasteiger partial charge on any atom is 0.310 e. The Bertz CT molecular complexity index is 316. The molecule has 1 unspecified atom stereocenters. The largest absolute Gasteiger partial charge is 0.481 e. The average molecular weight is 322 g/mol. The lowest BCUT2D eigenvalue weighted by atomic mass is 10.0. The molecule has 130 valence electrons. The lowest BCUT2D eigenvalue weighted by molar-refractivity contribution is -0.141. The molecule has 0 aromatic carbocycles. The molecule has 0 saturated carbocycles. The Labute approximate surface area is 129 Å². The Balaban J connectivity index is -0.000000247. The lowest BCUT2D eigenvalue weighted by Crippen LogP contribution is -2.24. The van der Waals surface area contributed by atoms with Gasteiger partial charge in [0.15, 0.2) is 0 Å². The number of carbonyl (C=O) groups is 4. The normalized spacial score (nSPS) is 11.0. The quantitative estimate of drug-likeness (QED) is 0.520. The summed E-state index contributed by atoms with van der Waals surface area (Å²) in [7, 11) is 0. The summed E-state index contributed by atoms with van der Waals surface area (Å²) < 4.78 is 0. The van der Waals surface area contributed by atoms with Gasteiger partial charge in [0.05, 0.1) is 11.7 Å². The molecule has 1 atom stereocenters. The van der Waals surface area contributed by atoms with Gasteiger partial charge in [-0.1, -0.05) is 0 Å². The van der Waals surface area contributed by atoms with Crippen LogP contribution in [0, 0.1) is 0 Å². The van der Waals surface area contributed by atoms with Crippen molar-refractivity contribution in [3.8, 4) is 0 Å². The summed E-state index contributed by atoms with van der Waals surface area (Å²) in [5, 5.41) is 33.5. The van der Waals surface area contributed by atoms with E-state index >= 15 is 0 Å². The highest BCUT2D eigenvalue weighted by Crippen LogP contribution is 2.09. The first-order valence-corrected chi connectivity index (χ1v) is 6.50. The molecule has 0 rings (SSSR count). The fourth-order valence-corrected chi connectivity index (χ4v) is 1.15. The van der Waals surface area contributed by atoms with Gasteiger partial charge in [-0.05, 0) is 34.6 Å². The zero-order chi connectivity index (χ0) is 18.5. The Kier molecular flexibility index (Phi) is 14.8. The number of Topliss-reactive ketones (excluding diaryl/α,β-unsaturated/α-hetero) is 2. The van der Waals surface area contributed by atoms with E-state index in [2.05, 4.69) is 0 Å². The summed E-state index contributed by atoms with van der Waals surface area (Å²) in [4.78, 5) is 38.9. The molecular formula is C14H26O8. The Hall–Kier alpha value is -1.80. The minimum atomic E-state index is -1.06. The van der Waals surface area contributed by atoms with Crippen LogP contribution in [0.2, 0.25) is 0 Å². The summed E-state index contributed by atoms with van der Waals surface area (Å²) in [6.45, 7) is 7.51. The lowest BCUT2D eigenvalue weighted by Gasteiger charge is -2.17. The second kappa shape index (κ2) is 12.9. The van der Waals surface area contributed by atoms with Gasteiger partial charge in [-0.15, -0.1) is 0 Å². The third kappa shape index (κ3) is 42.9. The number of carbonyl (C=O) groups excluding carboxylic acids is 2. The van der Waals surface area contributed by atoms with Gasteiger partial charge >= 0.3 is 11.9 Å². The van der Waals surface area contributed by atoms with E-state index in [0.717, 1.165) is 0 Å². The highest BCUT2D eigenvalue weighted by molar-refractivity contribution is 5.93. The van der Waals surface area contributed by atoms with Crippen LogP contribution in [0.5, 0.6) is 0 Å². The van der Waals surface area contributed by atoms with Crippen molar-refractivity contribution in [3.05, 3.63) is 0 Å². The zero-order valence-corrected chi connectivity index (χ0v) is 13.6. The molecule has 22 heavy (non-hydrogen) atoms. The number of carboxylic acid groups (broad SMARTS) is 2. The van der Waals surface area contributed by atoms with Gasteiger partial charge in [-0.3, -0.25) is 19.2 Å². The molecule has 8 nitrogen and oxygen atoms in total. The van der Waals surface area contributed by atoms with E-state index in [1.165, 1.54) is 13.8 Å². The number of hydrogen-bond donors (Lipinski definition) is 4. The number of aliphatic hydroxyl groups is 2. The predicted molar refractivity (Wildman–Crippen MR) is 78.5 cm³/mol. The molecule has 0 aromatic heterocycles. The smallest absolute Gasteiger partial charge is 0.310 e. The maximum absolute atomic E-state index is 9.87. The van der Waals surface area contributed by atoms with Crippen molar-refractivity contribution in [2.75, 3.05) is 0 Å². The van der Waals surface area contributed by atoms with Crippen molar-refractivity contribution in [1.82, 2.24) is 0 Å². The van der Waals surface area contributed by atoms with Crippen LogP contribution in [0.15, 0.2) is 0 Å². The number of hydrogen-bond acceptors (Lipinski definition) is 6. The van der Waals surface area contributed by atoms with Gasteiger partial charge in [0, 0.05) is 6.42 Å². The molecule has 0 bridgehead atoms. The summed E-state index contributed by atoms with van der Waals surface area (Å²) in [6.07, 6.45) is -0.692. The monoisotopic (exact) mass is 322 g/mol. The van der Waals surface area contributed by atoms with Crippen molar-refractivity contribution in [2.24, 2.45) is 0 Å². The Morgan fingerprint density at radius 3 is 1.18 bits per heavy atom. The van der Waals surface area contributed by atoms with E-state index in [1.807, 2.05) is 0 Å². The Morgan fingerprint density at radius 1 is 0.909 bits per heavy atom. The molecule has 8 heteroatoms. The molecule has 0 radical (unpaired) electrons. The average Bonchev–Trinajstić information content (AvgIpc) is 2.08. The number of ketones is 2. The third-order valence-electron chi connectivity index (χ3n) is 1.60. The molecule has 4 N–H and O–H groups in total. The van der Waals surface area contributed by atoms with Gasteiger partial charge in [0.25, 0.3) is 0 Å². The maximum atomic E-state index is 9.87. The Morgan fingerprint density at radius 2 is 1.18 bits per heavy atom. The molecule has 0 fully saturated rings. The second-order valence-corrected chi connectivity index (χ2v) is 5.41. The second-order valence-electron chi connectivity index (χ2n) is 5.41. The molecule has 0 saturated heterocycles. The van der Waals surface area contributed by atoms with E-state index in [-0.39, 0.29) is 24.4 Å². The summed E-state index contributed by atoms with van der Waals surface area (Å²) in [5.74, 6) is -2.75. The number of rotatable bonds is 6. The zero-order valence-electron chi connectivity index (χ0n) is 13.6. The van der Waals surface area contributed by atoms with E-state index in [4.69, 9.17) is 20.4 Å². The summed E-state index contributed by atoms with van der Waals surface area (Å²) in [6, 6.07) is 0. The van der Waals surface area contributed by atoms with Crippen LogP contribution in [0.4, 0.5) is 0 Å². The predicted octanol–water partition coefficient (Wildman–Crippen LogP) is 0.628. The highest BCUT2D eigenvalue weighted by Gasteiger charge is 2.14. The standard InChI is InChI=1S/C6H14O2.2C4H6O3/c1-5(7)4-6(2,3)8;2*1-3(5)2-4(6)7/h5,7-8H,4H2,1-3H3;2*2H2,1H3,(H,6,7). The molecule has 0 aliphatic heterocycles. The van der Waals surface area contributed by atoms with Gasteiger partial charge in [-0.25, -0.2) is 0 Å². The van der Waals surface area contributed by atoms with Crippen molar-refractivity contribution in [1.29, 1.82) is 0 Å². The van der Waals surface area contributed by atoms with Crippen molar-refractivity contribution in [3.63, 3.8) is 0 Å². The summed E-state index contributed by atoms with van der Waals surface area (Å²) in [5.41, 5.74) is -0.728. The van der Waals surface area contributed by atoms with E-state index in [1.54, 1.807) is 20.8 Å². The topological polar surface area (TPSA) is 149 Å². The van der Waals surface area contributed by atoms with Crippen LogP contribution in [-0.4, -0.2) is 55.6 Å². The van der Waals surface area contributed by atoms with E-state index in [9.17, 15) is 19.2 Å². The van der Waals surface area contributed by atoms with Crippen molar-refractivity contribution in [2.45, 2.75) is 65.6 Å². The van der Waals surface area contributed by atoms with Crippen LogP contribution < -0.4 is 0 Å². The highest BCUT2D eigenvalue weighted by atomic mass is 16.4. The first kappa shape index (κ1) is 25.2. The molecule has 0 aromatic rings. The number of aliphatic carboxylic acids is 2. The minimum absolute atomic E-state index is 0.312. The number of carboxylic acids is 2. The molecule has 0 heterocycles. The van der Waals surface area contributed by atoms with Gasteiger partial charge in [-0.2, -0.15) is 0 Å². The third-order valence-corrected chi connectivity index (χ3v) is 1.60. The van der Waals surface area contributed by atoms with Crippen LogP contribution in [-0.2, 0) is 19.2 Å². The SMILES string of the molecule is CC(=O)CC(=O)O.CC(=O)CC(=O)O.CC(O)CC(C)(C)O. The van der Waals surface area contributed by atoms with Crippen LogP contribution in [0.25, 0.3) is 0 Å². The molecular weight excluding hydrogens is 296 g/mol. The first-order valence-electron chi connectivity index (χ1n) is 6.50. The minimum Gasteiger partial charge on any atom is -0.481 e. The van der Waals surface area contributed by atoms with Crippen molar-refractivity contribution < 1.29 is 39.6 Å². The van der Waals surface area contributed by atoms with Crippen LogP contribution in [0.1, 0.15) is 53.9 Å². The van der Waals surface area contributed by atoms with E-state index in [0.29, 0.717) is 6.42 Å². The van der Waals surface area contributed by atoms with Crippen molar-refractivity contribution >= 4 is 23.5 Å². The van der Waals surface area contributed by atoms with Gasteiger partial charge in [0.1, 0.15) is 24.4 Å². The van der Waals surface area contributed by atoms with Gasteiger partial charge in [0.2, 0.25) is 0 Å². The molecule has 0 aliphatic carbocycles. The van der Waals surface area contributed by atoms with Gasteiger partial charge < -0.3 is 20.4 Å². The van der Waals surface area contributed by atoms with Crippen LogP contribution >= 0.6 is 0 Å². The molecule has 0 amide bonds. The first-order chi connectivity index (χ1) is 9.67. The molecule has 0 spiro atoms. The fourth-order valence-electron chi connectivity index (χ4n) is 1.15. The summed E-state index contributed by atoms with van der Waals surface area (Å²) >= 11 is 0. The van der Waals surface area contributed by atoms with E-state index < -0.39 is 23.6 Å². The number of aliphatic hydroxyl groups excluding tert-OH is 1.